The summed E-state index contributed by atoms with van der Waals surface area (Å²) in [6.45, 7) is 6.36. The standard InChI is InChI=1S/C28H27NO4/c1-5-32-27-19(3)28-24(25(17-33-28)20-9-7-6-8-10-20)16-23(27)18(2)15-26(30)29-21-11-13-22(31-4)14-12-21/h6-17H,5H2,1-4H3,(H,29,30)/b18-15+. The second kappa shape index (κ2) is 9.65. The number of carbonyl (C=O) groups excluding carboxylic acids is 1. The molecule has 0 saturated heterocycles. The molecule has 4 rings (SSSR count). The Balaban J connectivity index is 1.73. The van der Waals surface area contributed by atoms with E-state index < -0.39 is 0 Å². The van der Waals surface area contributed by atoms with Crippen LogP contribution in [0.2, 0.25) is 0 Å². The average molecular weight is 442 g/mol. The molecule has 1 aromatic heterocycles. The van der Waals surface area contributed by atoms with Crippen LogP contribution in [0.15, 0.2) is 77.4 Å². The number of fused-ring (bicyclic) bond motifs is 1. The highest BCUT2D eigenvalue weighted by Crippen LogP contribution is 2.40. The highest BCUT2D eigenvalue weighted by atomic mass is 16.5. The fourth-order valence-corrected chi connectivity index (χ4v) is 3.91. The number of ether oxygens (including phenoxy) is 2. The Kier molecular flexibility index (Phi) is 6.50. The number of hydrogen-bond acceptors (Lipinski definition) is 4. The van der Waals surface area contributed by atoms with Crippen LogP contribution in [0.4, 0.5) is 5.69 Å². The molecule has 5 nitrogen and oxygen atoms in total. The lowest BCUT2D eigenvalue weighted by Crippen LogP contribution is -2.09. The third kappa shape index (κ3) is 4.62. The zero-order valence-corrected chi connectivity index (χ0v) is 19.3. The van der Waals surface area contributed by atoms with E-state index in [4.69, 9.17) is 13.9 Å². The molecular weight excluding hydrogens is 414 g/mol. The third-order valence-electron chi connectivity index (χ3n) is 5.55. The van der Waals surface area contributed by atoms with Gasteiger partial charge in [0.05, 0.1) is 20.0 Å². The number of nitrogens with one attached hydrogen (secondary N) is 1. The highest BCUT2D eigenvalue weighted by Gasteiger charge is 2.19. The van der Waals surface area contributed by atoms with Crippen molar-refractivity contribution in [3.05, 3.63) is 84.1 Å². The van der Waals surface area contributed by atoms with Crippen LogP contribution in [-0.4, -0.2) is 19.6 Å². The summed E-state index contributed by atoms with van der Waals surface area (Å²) in [7, 11) is 1.61. The number of hydrogen-bond donors (Lipinski definition) is 1. The molecule has 4 aromatic rings. The minimum Gasteiger partial charge on any atom is -0.497 e. The molecule has 33 heavy (non-hydrogen) atoms. The third-order valence-corrected chi connectivity index (χ3v) is 5.55. The number of amides is 1. The van der Waals surface area contributed by atoms with E-state index in [1.165, 1.54) is 0 Å². The molecule has 168 valence electrons. The van der Waals surface area contributed by atoms with Gasteiger partial charge < -0.3 is 19.2 Å². The maximum absolute atomic E-state index is 12.7. The van der Waals surface area contributed by atoms with Crippen LogP contribution >= 0.6 is 0 Å². The quantitative estimate of drug-likeness (QED) is 0.318. The lowest BCUT2D eigenvalue weighted by atomic mass is 9.96. The second-order valence-corrected chi connectivity index (χ2v) is 7.75. The maximum Gasteiger partial charge on any atom is 0.248 e. The number of rotatable bonds is 7. The Labute approximate surface area is 193 Å². The summed E-state index contributed by atoms with van der Waals surface area (Å²) in [5, 5.41) is 3.89. The van der Waals surface area contributed by atoms with Gasteiger partial charge in [-0.2, -0.15) is 0 Å². The number of allylic oxidation sites excluding steroid dienone is 1. The van der Waals surface area contributed by atoms with Crippen molar-refractivity contribution in [2.45, 2.75) is 20.8 Å². The maximum atomic E-state index is 12.7. The van der Waals surface area contributed by atoms with Gasteiger partial charge in [0.25, 0.3) is 0 Å². The summed E-state index contributed by atoms with van der Waals surface area (Å²) < 4.78 is 17.1. The summed E-state index contributed by atoms with van der Waals surface area (Å²) in [5.41, 5.74) is 6.15. The van der Waals surface area contributed by atoms with Crippen molar-refractivity contribution < 1.29 is 18.7 Å². The number of methoxy groups -OCH3 is 1. The van der Waals surface area contributed by atoms with Crippen molar-refractivity contribution in [2.24, 2.45) is 0 Å². The van der Waals surface area contributed by atoms with E-state index in [0.29, 0.717) is 12.3 Å². The lowest BCUT2D eigenvalue weighted by molar-refractivity contribution is -0.111. The van der Waals surface area contributed by atoms with Crippen molar-refractivity contribution in [3.63, 3.8) is 0 Å². The largest absolute Gasteiger partial charge is 0.497 e. The fourth-order valence-electron chi connectivity index (χ4n) is 3.91. The van der Waals surface area contributed by atoms with E-state index in [1.54, 1.807) is 43.7 Å². The molecule has 0 radical (unpaired) electrons. The van der Waals surface area contributed by atoms with E-state index in [2.05, 4.69) is 17.4 Å². The van der Waals surface area contributed by atoms with E-state index in [1.807, 2.05) is 45.0 Å². The summed E-state index contributed by atoms with van der Waals surface area (Å²) in [5.74, 6) is 1.25. The van der Waals surface area contributed by atoms with Crippen molar-refractivity contribution in [3.8, 4) is 22.6 Å². The molecular formula is C28H27NO4. The molecule has 1 heterocycles. The average Bonchev–Trinajstić information content (AvgIpc) is 3.26. The normalized spacial score (nSPS) is 11.5. The van der Waals surface area contributed by atoms with Gasteiger partial charge in [0.2, 0.25) is 5.91 Å². The molecule has 0 saturated carbocycles. The van der Waals surface area contributed by atoms with Crippen LogP contribution in [0, 0.1) is 6.92 Å². The van der Waals surface area contributed by atoms with Gasteiger partial charge in [0.1, 0.15) is 17.1 Å². The Morgan fingerprint density at radius 1 is 1.09 bits per heavy atom. The molecule has 0 unspecified atom stereocenters. The molecule has 0 aliphatic rings. The first-order valence-electron chi connectivity index (χ1n) is 10.9. The molecule has 0 bridgehead atoms. The van der Waals surface area contributed by atoms with Crippen LogP contribution in [0.5, 0.6) is 11.5 Å². The van der Waals surface area contributed by atoms with Crippen molar-refractivity contribution in [1.29, 1.82) is 0 Å². The van der Waals surface area contributed by atoms with Crippen LogP contribution in [0.3, 0.4) is 0 Å². The summed E-state index contributed by atoms with van der Waals surface area (Å²) >= 11 is 0. The Hall–Kier alpha value is -3.99. The fraction of sp³-hybridized carbons (Fsp3) is 0.179. The van der Waals surface area contributed by atoms with E-state index in [0.717, 1.165) is 50.3 Å². The summed E-state index contributed by atoms with van der Waals surface area (Å²) in [6, 6.07) is 19.4. The SMILES string of the molecule is CCOc1c(/C(C)=C/C(=O)Nc2ccc(OC)cc2)cc2c(-c3ccccc3)coc2c1C. The topological polar surface area (TPSA) is 60.7 Å². The molecule has 0 aliphatic carbocycles. The van der Waals surface area contributed by atoms with E-state index in [-0.39, 0.29) is 5.91 Å². The van der Waals surface area contributed by atoms with Gasteiger partial charge in [0, 0.05) is 33.8 Å². The Morgan fingerprint density at radius 2 is 1.82 bits per heavy atom. The molecule has 3 aromatic carbocycles. The van der Waals surface area contributed by atoms with Gasteiger partial charge in [-0.05, 0) is 62.2 Å². The van der Waals surface area contributed by atoms with E-state index >= 15 is 0 Å². The molecule has 1 amide bonds. The number of benzene rings is 3. The number of anilines is 1. The minimum atomic E-state index is -0.214. The van der Waals surface area contributed by atoms with Gasteiger partial charge in [-0.25, -0.2) is 0 Å². The lowest BCUT2D eigenvalue weighted by Gasteiger charge is -2.15. The molecule has 0 atom stereocenters. The Morgan fingerprint density at radius 3 is 2.48 bits per heavy atom. The molecule has 0 aliphatic heterocycles. The predicted molar refractivity (Wildman–Crippen MR) is 133 cm³/mol. The molecule has 5 heteroatoms. The van der Waals surface area contributed by atoms with Gasteiger partial charge in [-0.15, -0.1) is 0 Å². The number of furan rings is 1. The summed E-state index contributed by atoms with van der Waals surface area (Å²) in [6.07, 6.45) is 3.37. The molecule has 1 N–H and O–H groups in total. The molecule has 0 fully saturated rings. The first-order chi connectivity index (χ1) is 16.0. The Bertz CT molecular complexity index is 1300. The van der Waals surface area contributed by atoms with Gasteiger partial charge in [0.15, 0.2) is 0 Å². The van der Waals surface area contributed by atoms with Crippen LogP contribution in [-0.2, 0) is 4.79 Å². The van der Waals surface area contributed by atoms with Crippen LogP contribution < -0.4 is 14.8 Å². The zero-order valence-electron chi connectivity index (χ0n) is 19.3. The van der Waals surface area contributed by atoms with Crippen molar-refractivity contribution in [2.75, 3.05) is 19.0 Å². The van der Waals surface area contributed by atoms with E-state index in [9.17, 15) is 4.79 Å². The predicted octanol–water partition coefficient (Wildman–Crippen LogP) is 6.86. The van der Waals surface area contributed by atoms with Crippen LogP contribution in [0.1, 0.15) is 25.0 Å². The first-order valence-corrected chi connectivity index (χ1v) is 10.9. The summed E-state index contributed by atoms with van der Waals surface area (Å²) in [4.78, 5) is 12.7. The van der Waals surface area contributed by atoms with Gasteiger partial charge >= 0.3 is 0 Å². The number of carbonyl (C=O) groups is 1. The highest BCUT2D eigenvalue weighted by molar-refractivity contribution is 6.06. The second-order valence-electron chi connectivity index (χ2n) is 7.75. The zero-order chi connectivity index (χ0) is 23.4. The molecule has 0 spiro atoms. The smallest absolute Gasteiger partial charge is 0.248 e. The monoisotopic (exact) mass is 441 g/mol. The first kappa shape index (κ1) is 22.2. The van der Waals surface area contributed by atoms with Crippen molar-refractivity contribution >= 4 is 28.1 Å². The minimum absolute atomic E-state index is 0.214. The van der Waals surface area contributed by atoms with Gasteiger partial charge in [-0.1, -0.05) is 30.3 Å². The van der Waals surface area contributed by atoms with Crippen LogP contribution in [0.25, 0.3) is 27.7 Å². The van der Waals surface area contributed by atoms with Crippen molar-refractivity contribution in [1.82, 2.24) is 0 Å². The van der Waals surface area contributed by atoms with Gasteiger partial charge in [-0.3, -0.25) is 4.79 Å². The number of aryl methyl sites for hydroxylation is 1.